The fraction of sp³-hybridized carbons (Fsp3) is 0.455. The molecular formula is C11H16Br2N2O2S. The lowest BCUT2D eigenvalue weighted by Crippen LogP contribution is -2.18. The molecule has 7 heteroatoms. The van der Waals surface area contributed by atoms with Crippen LogP contribution in [0.1, 0.15) is 12.8 Å². The van der Waals surface area contributed by atoms with Crippen LogP contribution in [-0.4, -0.2) is 27.8 Å². The molecule has 4 nitrogen and oxygen atoms in total. The van der Waals surface area contributed by atoms with Crippen molar-refractivity contribution in [1.82, 2.24) is 5.32 Å². The Morgan fingerprint density at radius 2 is 1.94 bits per heavy atom. The lowest BCUT2D eigenvalue weighted by atomic mass is 10.3. The van der Waals surface area contributed by atoms with Crippen molar-refractivity contribution in [3.8, 4) is 0 Å². The number of hydrogen-bond acceptors (Lipinski definition) is 3. The molecule has 0 bridgehead atoms. The Balaban J connectivity index is 2.59. The first-order valence-corrected chi connectivity index (χ1v) is 8.78. The van der Waals surface area contributed by atoms with Crippen LogP contribution in [0, 0.1) is 0 Å². The highest BCUT2D eigenvalue weighted by Gasteiger charge is 2.11. The molecule has 0 amide bonds. The standard InChI is InChI=1S/C11H16Br2N2O2S/c1-14-6-2-3-7-18(16,17)15-11-5-4-9(12)8-10(11)13/h4-5,8,14-15H,2-3,6-7H2,1H3. The number of hydrogen-bond donors (Lipinski definition) is 2. The topological polar surface area (TPSA) is 58.2 Å². The van der Waals surface area contributed by atoms with Gasteiger partial charge in [0, 0.05) is 8.95 Å². The molecule has 0 aromatic heterocycles. The van der Waals surface area contributed by atoms with E-state index >= 15 is 0 Å². The Labute approximate surface area is 125 Å². The average Bonchev–Trinajstić information content (AvgIpc) is 2.28. The smallest absolute Gasteiger partial charge is 0.232 e. The Bertz CT molecular complexity index is 492. The normalized spacial score (nSPS) is 11.5. The average molecular weight is 400 g/mol. The van der Waals surface area contributed by atoms with E-state index in [2.05, 4.69) is 41.9 Å². The highest BCUT2D eigenvalue weighted by Crippen LogP contribution is 2.27. The molecule has 0 fully saturated rings. The predicted octanol–water partition coefficient (Wildman–Crippen LogP) is 2.95. The second-order valence-corrected chi connectivity index (χ2v) is 7.47. The molecule has 0 saturated heterocycles. The van der Waals surface area contributed by atoms with Gasteiger partial charge in [-0.1, -0.05) is 15.9 Å². The van der Waals surface area contributed by atoms with Crippen molar-refractivity contribution in [1.29, 1.82) is 0 Å². The number of sulfonamides is 1. The zero-order valence-corrected chi connectivity index (χ0v) is 14.0. The minimum absolute atomic E-state index is 0.136. The maximum Gasteiger partial charge on any atom is 0.232 e. The molecule has 0 spiro atoms. The summed E-state index contributed by atoms with van der Waals surface area (Å²) < 4.78 is 27.9. The van der Waals surface area contributed by atoms with Gasteiger partial charge in [0.15, 0.2) is 0 Å². The van der Waals surface area contributed by atoms with Gasteiger partial charge in [-0.15, -0.1) is 0 Å². The van der Waals surface area contributed by atoms with Crippen molar-refractivity contribution >= 4 is 47.6 Å². The zero-order chi connectivity index (χ0) is 13.6. The number of rotatable bonds is 7. The Morgan fingerprint density at radius 3 is 2.56 bits per heavy atom. The lowest BCUT2D eigenvalue weighted by molar-refractivity contribution is 0.595. The molecule has 2 N–H and O–H groups in total. The molecule has 102 valence electrons. The maximum atomic E-state index is 11.8. The lowest BCUT2D eigenvalue weighted by Gasteiger charge is -2.10. The second-order valence-electron chi connectivity index (χ2n) is 3.86. The first-order chi connectivity index (χ1) is 8.44. The molecule has 0 atom stereocenters. The fourth-order valence-electron chi connectivity index (χ4n) is 1.38. The molecule has 0 unspecified atom stereocenters. The third-order valence-corrected chi connectivity index (χ3v) is 4.79. The molecule has 18 heavy (non-hydrogen) atoms. The number of halogens is 2. The summed E-state index contributed by atoms with van der Waals surface area (Å²) in [7, 11) is -1.42. The van der Waals surface area contributed by atoms with Gasteiger partial charge in [-0.05, 0) is 60.6 Å². The van der Waals surface area contributed by atoms with Gasteiger partial charge in [0.05, 0.1) is 11.4 Å². The van der Waals surface area contributed by atoms with Gasteiger partial charge < -0.3 is 5.32 Å². The van der Waals surface area contributed by atoms with Crippen LogP contribution in [0.4, 0.5) is 5.69 Å². The van der Waals surface area contributed by atoms with Gasteiger partial charge in [0.25, 0.3) is 0 Å². The van der Waals surface area contributed by atoms with E-state index in [1.807, 2.05) is 7.05 Å². The third-order valence-electron chi connectivity index (χ3n) is 2.29. The van der Waals surface area contributed by atoms with E-state index in [-0.39, 0.29) is 5.75 Å². The van der Waals surface area contributed by atoms with Crippen molar-refractivity contribution in [3.05, 3.63) is 27.1 Å². The van der Waals surface area contributed by atoms with E-state index in [9.17, 15) is 8.42 Å². The van der Waals surface area contributed by atoms with Crippen LogP contribution in [0.2, 0.25) is 0 Å². The summed E-state index contributed by atoms with van der Waals surface area (Å²) in [6.07, 6.45) is 1.49. The van der Waals surface area contributed by atoms with E-state index in [1.54, 1.807) is 18.2 Å². The molecule has 0 radical (unpaired) electrons. The van der Waals surface area contributed by atoms with Gasteiger partial charge in [-0.2, -0.15) is 0 Å². The molecule has 1 aromatic carbocycles. The first kappa shape index (κ1) is 15.9. The zero-order valence-electron chi connectivity index (χ0n) is 10.0. The SMILES string of the molecule is CNCCCCS(=O)(=O)Nc1ccc(Br)cc1Br. The summed E-state index contributed by atoms with van der Waals surface area (Å²) in [5, 5.41) is 2.99. The van der Waals surface area contributed by atoms with Crippen LogP contribution in [0.3, 0.4) is 0 Å². The van der Waals surface area contributed by atoms with Gasteiger partial charge in [0.2, 0.25) is 10.0 Å². The van der Waals surface area contributed by atoms with Crippen LogP contribution in [0.25, 0.3) is 0 Å². The molecule has 0 saturated carbocycles. The Hall–Kier alpha value is -0.110. The van der Waals surface area contributed by atoms with Crippen molar-refractivity contribution in [2.24, 2.45) is 0 Å². The van der Waals surface area contributed by atoms with E-state index in [1.165, 1.54) is 0 Å². The van der Waals surface area contributed by atoms with Gasteiger partial charge in [-0.3, -0.25) is 4.72 Å². The van der Waals surface area contributed by atoms with Gasteiger partial charge in [-0.25, -0.2) is 8.42 Å². The first-order valence-electron chi connectivity index (χ1n) is 5.55. The van der Waals surface area contributed by atoms with Gasteiger partial charge in [0.1, 0.15) is 0 Å². The molecule has 1 aromatic rings. The summed E-state index contributed by atoms with van der Waals surface area (Å²) >= 11 is 6.65. The second kappa shape index (κ2) is 7.47. The van der Waals surface area contributed by atoms with Gasteiger partial charge >= 0.3 is 0 Å². The van der Waals surface area contributed by atoms with Crippen LogP contribution in [-0.2, 0) is 10.0 Å². The highest BCUT2D eigenvalue weighted by atomic mass is 79.9. The van der Waals surface area contributed by atoms with Crippen LogP contribution < -0.4 is 10.0 Å². The molecule has 1 rings (SSSR count). The molecular weight excluding hydrogens is 384 g/mol. The highest BCUT2D eigenvalue weighted by molar-refractivity contribution is 9.11. The summed E-state index contributed by atoms with van der Waals surface area (Å²) in [5.41, 5.74) is 0.562. The van der Waals surface area contributed by atoms with Crippen molar-refractivity contribution in [2.45, 2.75) is 12.8 Å². The minimum Gasteiger partial charge on any atom is -0.320 e. The minimum atomic E-state index is -3.27. The van der Waals surface area contributed by atoms with E-state index in [0.29, 0.717) is 12.1 Å². The summed E-state index contributed by atoms with van der Waals surface area (Å²) in [6, 6.07) is 5.32. The van der Waals surface area contributed by atoms with E-state index in [4.69, 9.17) is 0 Å². The monoisotopic (exact) mass is 398 g/mol. The Kier molecular flexibility index (Phi) is 6.62. The summed E-state index contributed by atoms with van der Waals surface area (Å²) in [4.78, 5) is 0. The molecule has 0 aliphatic heterocycles. The maximum absolute atomic E-state index is 11.8. The summed E-state index contributed by atoms with van der Waals surface area (Å²) in [6.45, 7) is 0.831. The molecule has 0 heterocycles. The van der Waals surface area contributed by atoms with Crippen LogP contribution in [0.15, 0.2) is 27.1 Å². The predicted molar refractivity (Wildman–Crippen MR) is 82.4 cm³/mol. The third kappa shape index (κ3) is 5.69. The molecule has 0 aliphatic carbocycles. The number of unbranched alkanes of at least 4 members (excludes halogenated alkanes) is 1. The number of benzene rings is 1. The number of nitrogens with one attached hydrogen (secondary N) is 2. The van der Waals surface area contributed by atoms with Crippen LogP contribution in [0.5, 0.6) is 0 Å². The van der Waals surface area contributed by atoms with Crippen molar-refractivity contribution < 1.29 is 8.42 Å². The van der Waals surface area contributed by atoms with Crippen molar-refractivity contribution in [3.63, 3.8) is 0 Å². The van der Waals surface area contributed by atoms with E-state index in [0.717, 1.165) is 21.9 Å². The molecule has 0 aliphatic rings. The largest absolute Gasteiger partial charge is 0.320 e. The fourth-order valence-corrected chi connectivity index (χ4v) is 3.86. The van der Waals surface area contributed by atoms with Crippen molar-refractivity contribution in [2.75, 3.05) is 24.1 Å². The Morgan fingerprint density at radius 1 is 1.22 bits per heavy atom. The number of anilines is 1. The van der Waals surface area contributed by atoms with Crippen LogP contribution >= 0.6 is 31.9 Å². The van der Waals surface area contributed by atoms with E-state index < -0.39 is 10.0 Å². The summed E-state index contributed by atoms with van der Waals surface area (Å²) in [5.74, 6) is 0.136. The quantitative estimate of drug-likeness (QED) is 0.693.